The predicted octanol–water partition coefficient (Wildman–Crippen LogP) is 2.91. The Morgan fingerprint density at radius 2 is 2.00 bits per heavy atom. The monoisotopic (exact) mass is 377 g/mol. The molecular weight excluding hydrogens is 362 g/mol. The molecule has 0 spiro atoms. The van der Waals surface area contributed by atoms with Crippen molar-refractivity contribution >= 4 is 32.8 Å². The van der Waals surface area contributed by atoms with Crippen LogP contribution in [0.25, 0.3) is 10.8 Å². The summed E-state index contributed by atoms with van der Waals surface area (Å²) in [5.41, 5.74) is 0.524. The van der Waals surface area contributed by atoms with Crippen LogP contribution in [0, 0.1) is 6.92 Å². The molecule has 3 rings (SSSR count). The molecule has 7 nitrogen and oxygen atoms in total. The van der Waals surface area contributed by atoms with Crippen molar-refractivity contribution in [1.29, 1.82) is 0 Å². The van der Waals surface area contributed by atoms with Crippen LogP contribution in [0.15, 0.2) is 51.2 Å². The van der Waals surface area contributed by atoms with Crippen LogP contribution in [0.1, 0.15) is 12.2 Å². The quantitative estimate of drug-likeness (QED) is 0.709. The number of nitrogens with zero attached hydrogens (tertiary/aromatic N) is 2. The molecule has 0 saturated heterocycles. The number of sulfone groups is 1. The largest absolute Gasteiger partial charge is 0.333 e. The minimum absolute atomic E-state index is 0.143. The molecule has 0 aliphatic carbocycles. The van der Waals surface area contributed by atoms with E-state index in [0.29, 0.717) is 22.3 Å². The first kappa shape index (κ1) is 17.3. The third-order valence-electron chi connectivity index (χ3n) is 3.36. The molecular formula is C16H15N3O4S2. The fraction of sp³-hybridized carbons (Fsp3) is 0.188. The van der Waals surface area contributed by atoms with Crippen LogP contribution < -0.4 is 5.32 Å². The van der Waals surface area contributed by atoms with Crippen LogP contribution in [-0.4, -0.2) is 30.2 Å². The summed E-state index contributed by atoms with van der Waals surface area (Å²) < 4.78 is 29.5. The summed E-state index contributed by atoms with van der Waals surface area (Å²) in [5, 5.41) is 8.21. The van der Waals surface area contributed by atoms with Crippen LogP contribution in [0.5, 0.6) is 0 Å². The van der Waals surface area contributed by atoms with Gasteiger partial charge in [-0.05, 0) is 30.5 Å². The van der Waals surface area contributed by atoms with E-state index in [1.165, 1.54) is 23.5 Å². The number of aryl methyl sites for hydroxylation is 1. The minimum Gasteiger partial charge on any atom is -0.333 e. The zero-order valence-electron chi connectivity index (χ0n) is 13.3. The van der Waals surface area contributed by atoms with Gasteiger partial charge in [0, 0.05) is 6.42 Å². The van der Waals surface area contributed by atoms with Gasteiger partial charge in [0.15, 0.2) is 15.7 Å². The second-order valence-electron chi connectivity index (χ2n) is 5.24. The lowest BCUT2D eigenvalue weighted by atomic mass is 10.3. The summed E-state index contributed by atoms with van der Waals surface area (Å²) in [5.74, 6) is 0.159. The fourth-order valence-electron chi connectivity index (χ4n) is 2.15. The topological polar surface area (TPSA) is 102 Å². The lowest BCUT2D eigenvalue weighted by Gasteiger charge is -2.06. The van der Waals surface area contributed by atoms with Crippen LogP contribution >= 0.6 is 11.3 Å². The molecule has 0 aliphatic rings. The van der Waals surface area contributed by atoms with Gasteiger partial charge in [0.25, 0.3) is 5.89 Å². The second-order valence-corrected chi connectivity index (χ2v) is 8.27. The van der Waals surface area contributed by atoms with Gasteiger partial charge in [-0.1, -0.05) is 23.4 Å². The van der Waals surface area contributed by atoms with Gasteiger partial charge < -0.3 is 9.84 Å². The Morgan fingerprint density at radius 3 is 2.68 bits per heavy atom. The molecule has 9 heteroatoms. The highest BCUT2D eigenvalue weighted by atomic mass is 32.2. The molecule has 0 fully saturated rings. The molecule has 0 bridgehead atoms. The molecule has 3 aromatic rings. The standard InChI is InChI=1S/C16H15N3O4S2/c1-11-17-16(23-19-11)15-13(7-9-24-15)18-14(20)8-10-25(21,22)12-5-3-2-4-6-12/h2-7,9H,8,10H2,1H3,(H,18,20). The molecule has 1 aromatic carbocycles. The van der Waals surface area contributed by atoms with Gasteiger partial charge >= 0.3 is 0 Å². The molecule has 25 heavy (non-hydrogen) atoms. The molecule has 2 heterocycles. The summed E-state index contributed by atoms with van der Waals surface area (Å²) in [6, 6.07) is 9.78. The van der Waals surface area contributed by atoms with Crippen molar-refractivity contribution in [2.45, 2.75) is 18.2 Å². The Bertz CT molecular complexity index is 978. The Kier molecular flexibility index (Phi) is 4.95. The number of amides is 1. The van der Waals surface area contributed by atoms with Gasteiger partial charge in [0.05, 0.1) is 16.3 Å². The van der Waals surface area contributed by atoms with E-state index in [9.17, 15) is 13.2 Å². The number of benzene rings is 1. The number of rotatable bonds is 6. The highest BCUT2D eigenvalue weighted by Crippen LogP contribution is 2.32. The summed E-state index contributed by atoms with van der Waals surface area (Å²) in [7, 11) is -3.49. The third kappa shape index (κ3) is 4.12. The first-order chi connectivity index (χ1) is 12.0. The summed E-state index contributed by atoms with van der Waals surface area (Å²) in [6.07, 6.45) is -0.143. The van der Waals surface area contributed by atoms with Gasteiger partial charge in [0.2, 0.25) is 5.91 Å². The molecule has 130 valence electrons. The number of carbonyl (C=O) groups excluding carboxylic acids is 1. The normalized spacial score (nSPS) is 11.4. The van der Waals surface area contributed by atoms with E-state index < -0.39 is 15.7 Å². The van der Waals surface area contributed by atoms with Crippen molar-refractivity contribution in [2.24, 2.45) is 0 Å². The maximum absolute atomic E-state index is 12.2. The van der Waals surface area contributed by atoms with Crippen molar-refractivity contribution in [3.8, 4) is 10.8 Å². The highest BCUT2D eigenvalue weighted by Gasteiger charge is 2.18. The zero-order chi connectivity index (χ0) is 17.9. The lowest BCUT2D eigenvalue weighted by molar-refractivity contribution is -0.115. The van der Waals surface area contributed by atoms with Crippen molar-refractivity contribution in [3.05, 3.63) is 47.6 Å². The molecule has 1 N–H and O–H groups in total. The van der Waals surface area contributed by atoms with Crippen molar-refractivity contribution < 1.29 is 17.7 Å². The predicted molar refractivity (Wildman–Crippen MR) is 94.1 cm³/mol. The van der Waals surface area contributed by atoms with Gasteiger partial charge in [-0.25, -0.2) is 8.42 Å². The maximum atomic E-state index is 12.2. The van der Waals surface area contributed by atoms with E-state index in [2.05, 4.69) is 15.5 Å². The van der Waals surface area contributed by atoms with Crippen molar-refractivity contribution in [2.75, 3.05) is 11.1 Å². The molecule has 1 amide bonds. The molecule has 0 unspecified atom stereocenters. The summed E-state index contributed by atoms with van der Waals surface area (Å²) in [6.45, 7) is 1.70. The Morgan fingerprint density at radius 1 is 1.24 bits per heavy atom. The fourth-order valence-corrected chi connectivity index (χ4v) is 4.18. The summed E-state index contributed by atoms with van der Waals surface area (Å²) in [4.78, 5) is 17.1. The summed E-state index contributed by atoms with van der Waals surface area (Å²) >= 11 is 1.35. The van der Waals surface area contributed by atoms with E-state index in [1.807, 2.05) is 0 Å². The lowest BCUT2D eigenvalue weighted by Crippen LogP contribution is -2.17. The van der Waals surface area contributed by atoms with E-state index in [1.54, 1.807) is 36.6 Å². The SMILES string of the molecule is Cc1noc(-c2sccc2NC(=O)CCS(=O)(=O)c2ccccc2)n1. The number of aromatic nitrogens is 2. The Labute approximate surface area is 148 Å². The average Bonchev–Trinajstić information content (AvgIpc) is 3.22. The third-order valence-corrected chi connectivity index (χ3v) is 6.00. The molecule has 0 radical (unpaired) electrons. The van der Waals surface area contributed by atoms with Crippen LogP contribution in [0.4, 0.5) is 5.69 Å². The van der Waals surface area contributed by atoms with Gasteiger partial charge in [-0.15, -0.1) is 11.3 Å². The van der Waals surface area contributed by atoms with E-state index in [4.69, 9.17) is 4.52 Å². The second kappa shape index (κ2) is 7.16. The number of carbonyl (C=O) groups is 1. The van der Waals surface area contributed by atoms with Crippen LogP contribution in [-0.2, 0) is 14.6 Å². The Balaban J connectivity index is 1.65. The minimum atomic E-state index is -3.49. The number of thiophene rings is 1. The number of anilines is 1. The smallest absolute Gasteiger partial charge is 0.270 e. The van der Waals surface area contributed by atoms with Crippen LogP contribution in [0.2, 0.25) is 0 Å². The molecule has 0 atom stereocenters. The zero-order valence-corrected chi connectivity index (χ0v) is 14.9. The number of hydrogen-bond acceptors (Lipinski definition) is 7. The molecule has 0 saturated carbocycles. The first-order valence-corrected chi connectivity index (χ1v) is 9.95. The van der Waals surface area contributed by atoms with Gasteiger partial charge in [-0.3, -0.25) is 4.79 Å². The first-order valence-electron chi connectivity index (χ1n) is 7.41. The van der Waals surface area contributed by atoms with E-state index in [0.717, 1.165) is 0 Å². The highest BCUT2D eigenvalue weighted by molar-refractivity contribution is 7.91. The van der Waals surface area contributed by atoms with Gasteiger partial charge in [-0.2, -0.15) is 4.98 Å². The van der Waals surface area contributed by atoms with E-state index >= 15 is 0 Å². The number of hydrogen-bond donors (Lipinski definition) is 1. The van der Waals surface area contributed by atoms with Gasteiger partial charge in [0.1, 0.15) is 4.88 Å². The number of nitrogens with one attached hydrogen (secondary N) is 1. The average molecular weight is 377 g/mol. The Hall–Kier alpha value is -2.52. The van der Waals surface area contributed by atoms with Crippen LogP contribution in [0.3, 0.4) is 0 Å². The molecule has 0 aliphatic heterocycles. The van der Waals surface area contributed by atoms with E-state index in [-0.39, 0.29) is 17.1 Å². The van der Waals surface area contributed by atoms with Crippen molar-refractivity contribution in [1.82, 2.24) is 10.1 Å². The maximum Gasteiger partial charge on any atom is 0.270 e. The van der Waals surface area contributed by atoms with Crippen molar-refractivity contribution in [3.63, 3.8) is 0 Å². The molecule has 2 aromatic heterocycles.